The summed E-state index contributed by atoms with van der Waals surface area (Å²) in [7, 11) is 1.86. The summed E-state index contributed by atoms with van der Waals surface area (Å²) < 4.78 is 3.73. The van der Waals surface area contributed by atoms with E-state index in [1.807, 2.05) is 18.7 Å². The van der Waals surface area contributed by atoms with E-state index in [1.165, 1.54) is 5.69 Å². The van der Waals surface area contributed by atoms with Gasteiger partial charge < -0.3 is 11.1 Å². The predicted octanol–water partition coefficient (Wildman–Crippen LogP) is 1.32. The Balaban J connectivity index is 1.79. The van der Waals surface area contributed by atoms with Crippen molar-refractivity contribution in [1.29, 1.82) is 0 Å². The average Bonchev–Trinajstić information content (AvgIpc) is 2.77. The Bertz CT molecular complexity index is 476. The van der Waals surface area contributed by atoms with Crippen molar-refractivity contribution in [2.75, 3.05) is 17.6 Å². The van der Waals surface area contributed by atoms with Crippen LogP contribution in [0.15, 0.2) is 12.3 Å². The van der Waals surface area contributed by atoms with Crippen molar-refractivity contribution >= 4 is 11.5 Å². The molecule has 6 nitrogen and oxygen atoms in total. The van der Waals surface area contributed by atoms with Gasteiger partial charge in [-0.25, -0.2) is 0 Å². The number of hydrogen-bond donors (Lipinski definition) is 2. The van der Waals surface area contributed by atoms with Gasteiger partial charge in [-0.3, -0.25) is 9.36 Å². The summed E-state index contributed by atoms with van der Waals surface area (Å²) in [4.78, 5) is 0. The van der Waals surface area contributed by atoms with Crippen LogP contribution in [0.3, 0.4) is 0 Å². The van der Waals surface area contributed by atoms with E-state index in [0.29, 0.717) is 5.69 Å². The molecule has 0 bridgehead atoms. The normalized spacial score (nSPS) is 10.8. The molecule has 0 aliphatic rings. The molecule has 0 aliphatic heterocycles. The zero-order chi connectivity index (χ0) is 13.1. The molecule has 0 aliphatic carbocycles. The van der Waals surface area contributed by atoms with Crippen molar-refractivity contribution in [3.63, 3.8) is 0 Å². The number of nitrogens with zero attached hydrogens (tertiary/aromatic N) is 4. The summed E-state index contributed by atoms with van der Waals surface area (Å²) in [6.45, 7) is 5.82. The Morgan fingerprint density at radius 3 is 2.67 bits per heavy atom. The highest BCUT2D eigenvalue weighted by atomic mass is 15.3. The molecule has 0 atom stereocenters. The molecule has 0 radical (unpaired) electrons. The molecule has 0 amide bonds. The van der Waals surface area contributed by atoms with E-state index in [0.717, 1.165) is 31.0 Å². The molecule has 0 saturated heterocycles. The molecule has 0 aromatic carbocycles. The fraction of sp³-hybridized carbons (Fsp3) is 0.500. The monoisotopic (exact) mass is 248 g/mol. The quantitative estimate of drug-likeness (QED) is 0.783. The summed E-state index contributed by atoms with van der Waals surface area (Å²) in [5.41, 5.74) is 8.75. The van der Waals surface area contributed by atoms with Crippen molar-refractivity contribution in [3.05, 3.63) is 23.7 Å². The standard InChI is InChI=1S/C12H20N6/c1-9-7-10(2)18(15-9)6-4-5-14-12-11(13)8-17(3)16-12/h7-8H,4-6,13H2,1-3H3,(H,14,16). The number of hydrogen-bond acceptors (Lipinski definition) is 4. The zero-order valence-corrected chi connectivity index (χ0v) is 11.1. The van der Waals surface area contributed by atoms with Gasteiger partial charge in [0.2, 0.25) is 0 Å². The molecule has 2 aromatic rings. The third-order valence-corrected chi connectivity index (χ3v) is 2.80. The molecule has 18 heavy (non-hydrogen) atoms. The second-order valence-electron chi connectivity index (χ2n) is 4.54. The zero-order valence-electron chi connectivity index (χ0n) is 11.1. The number of rotatable bonds is 5. The SMILES string of the molecule is Cc1cc(C)n(CCCNc2nn(C)cc2N)n1. The van der Waals surface area contributed by atoms with E-state index in [-0.39, 0.29) is 0 Å². The maximum atomic E-state index is 5.80. The minimum Gasteiger partial charge on any atom is -0.394 e. The van der Waals surface area contributed by atoms with E-state index in [1.54, 1.807) is 10.9 Å². The van der Waals surface area contributed by atoms with Crippen molar-refractivity contribution in [1.82, 2.24) is 19.6 Å². The molecule has 2 rings (SSSR count). The molecular formula is C12H20N6. The van der Waals surface area contributed by atoms with Crippen LogP contribution in [-0.4, -0.2) is 26.1 Å². The molecule has 2 aromatic heterocycles. The van der Waals surface area contributed by atoms with Gasteiger partial charge in [0.15, 0.2) is 5.82 Å². The van der Waals surface area contributed by atoms with Crippen LogP contribution in [0.25, 0.3) is 0 Å². The number of aryl methyl sites for hydroxylation is 4. The Labute approximate surface area is 107 Å². The predicted molar refractivity (Wildman–Crippen MR) is 72.4 cm³/mol. The lowest BCUT2D eigenvalue weighted by molar-refractivity contribution is 0.573. The van der Waals surface area contributed by atoms with Gasteiger partial charge in [0.1, 0.15) is 0 Å². The van der Waals surface area contributed by atoms with Gasteiger partial charge in [0.05, 0.1) is 11.4 Å². The molecule has 2 heterocycles. The Kier molecular flexibility index (Phi) is 3.55. The van der Waals surface area contributed by atoms with Crippen LogP contribution in [0.2, 0.25) is 0 Å². The van der Waals surface area contributed by atoms with Crippen molar-refractivity contribution < 1.29 is 0 Å². The van der Waals surface area contributed by atoms with Crippen molar-refractivity contribution in [2.24, 2.45) is 7.05 Å². The molecule has 98 valence electrons. The number of aromatic nitrogens is 4. The van der Waals surface area contributed by atoms with Crippen LogP contribution < -0.4 is 11.1 Å². The van der Waals surface area contributed by atoms with Gasteiger partial charge in [-0.15, -0.1) is 0 Å². The summed E-state index contributed by atoms with van der Waals surface area (Å²) >= 11 is 0. The van der Waals surface area contributed by atoms with Gasteiger partial charge in [0, 0.05) is 32.0 Å². The molecule has 6 heteroatoms. The highest BCUT2D eigenvalue weighted by Gasteiger charge is 2.03. The smallest absolute Gasteiger partial charge is 0.171 e. The molecule has 0 fully saturated rings. The highest BCUT2D eigenvalue weighted by molar-refractivity contribution is 5.59. The van der Waals surface area contributed by atoms with Crippen LogP contribution in [0.1, 0.15) is 17.8 Å². The van der Waals surface area contributed by atoms with Gasteiger partial charge in [-0.05, 0) is 26.3 Å². The van der Waals surface area contributed by atoms with E-state index in [2.05, 4.69) is 28.5 Å². The largest absolute Gasteiger partial charge is 0.394 e. The van der Waals surface area contributed by atoms with Gasteiger partial charge in [0.25, 0.3) is 0 Å². The third-order valence-electron chi connectivity index (χ3n) is 2.80. The summed E-state index contributed by atoms with van der Waals surface area (Å²) in [5, 5.41) is 11.9. The van der Waals surface area contributed by atoms with Gasteiger partial charge in [-0.1, -0.05) is 0 Å². The second-order valence-corrected chi connectivity index (χ2v) is 4.54. The first-order chi connectivity index (χ1) is 8.56. The minimum atomic E-state index is 0.684. The van der Waals surface area contributed by atoms with Crippen LogP contribution in [0.4, 0.5) is 11.5 Å². The average molecular weight is 248 g/mol. The lowest BCUT2D eigenvalue weighted by Crippen LogP contribution is -2.10. The maximum Gasteiger partial charge on any atom is 0.171 e. The van der Waals surface area contributed by atoms with Crippen LogP contribution in [0.5, 0.6) is 0 Å². The summed E-state index contributed by atoms with van der Waals surface area (Å²) in [5.74, 6) is 0.755. The van der Waals surface area contributed by atoms with E-state index >= 15 is 0 Å². The second kappa shape index (κ2) is 5.12. The number of nitrogen functional groups attached to an aromatic ring is 1. The van der Waals surface area contributed by atoms with Gasteiger partial charge in [-0.2, -0.15) is 10.2 Å². The molecule has 0 saturated carbocycles. The first-order valence-electron chi connectivity index (χ1n) is 6.10. The Hall–Kier alpha value is -1.98. The lowest BCUT2D eigenvalue weighted by Gasteiger charge is -2.06. The molecule has 0 spiro atoms. The number of nitrogens with two attached hydrogens (primary N) is 1. The van der Waals surface area contributed by atoms with Gasteiger partial charge >= 0.3 is 0 Å². The minimum absolute atomic E-state index is 0.684. The summed E-state index contributed by atoms with van der Waals surface area (Å²) in [6, 6.07) is 2.09. The van der Waals surface area contributed by atoms with E-state index in [4.69, 9.17) is 5.73 Å². The van der Waals surface area contributed by atoms with Crippen molar-refractivity contribution in [3.8, 4) is 0 Å². The molecule has 0 unspecified atom stereocenters. The molecular weight excluding hydrogens is 228 g/mol. The van der Waals surface area contributed by atoms with E-state index in [9.17, 15) is 0 Å². The Morgan fingerprint density at radius 2 is 2.11 bits per heavy atom. The maximum absolute atomic E-state index is 5.80. The van der Waals surface area contributed by atoms with Crippen LogP contribution in [-0.2, 0) is 13.6 Å². The van der Waals surface area contributed by atoms with Crippen LogP contribution in [0, 0.1) is 13.8 Å². The number of nitrogens with one attached hydrogen (secondary N) is 1. The van der Waals surface area contributed by atoms with E-state index < -0.39 is 0 Å². The fourth-order valence-electron chi connectivity index (χ4n) is 1.98. The first-order valence-corrected chi connectivity index (χ1v) is 6.10. The Morgan fingerprint density at radius 1 is 1.33 bits per heavy atom. The lowest BCUT2D eigenvalue weighted by atomic mass is 10.4. The highest BCUT2D eigenvalue weighted by Crippen LogP contribution is 2.13. The fourth-order valence-corrected chi connectivity index (χ4v) is 1.98. The van der Waals surface area contributed by atoms with Crippen molar-refractivity contribution in [2.45, 2.75) is 26.8 Å². The topological polar surface area (TPSA) is 73.7 Å². The first kappa shape index (κ1) is 12.5. The molecule has 3 N–H and O–H groups in total. The van der Waals surface area contributed by atoms with Crippen LogP contribution >= 0.6 is 0 Å². The summed E-state index contributed by atoms with van der Waals surface area (Å²) in [6.07, 6.45) is 2.78. The third kappa shape index (κ3) is 2.82. The number of anilines is 2.